The van der Waals surface area contributed by atoms with Gasteiger partial charge in [-0.2, -0.15) is 18.8 Å². The minimum atomic E-state index is -4.25. The molecule has 4 atom stereocenters. The van der Waals surface area contributed by atoms with Crippen LogP contribution in [-0.4, -0.2) is 69.1 Å². The lowest BCUT2D eigenvalue weighted by Gasteiger charge is -2.15. The van der Waals surface area contributed by atoms with Gasteiger partial charge in [0.2, 0.25) is 0 Å². The molecule has 13 nitrogen and oxygen atoms in total. The smallest absolute Gasteiger partial charge is 0.333 e. The molecule has 152 valence electrons. The minimum Gasteiger partial charge on any atom is -0.387 e. The molecule has 0 amide bonds. The Kier molecular flexibility index (Phi) is 6.00. The standard InChI is InChI=1S/C13H17N7O6S2/c14-2-1-3-27-12-7-10(15)17-5-18-11(7)20(19-12)13-9(22)8(21)6(26-13)4-25-28(16,23)24/h5-6,8-9,13,21-22H,1,3-4H2,(H2,15,17,18)(H2,16,23,24)/t6-,8-,9-,13-/m1/s1. The largest absolute Gasteiger partial charge is 0.387 e. The van der Waals surface area contributed by atoms with Crippen LogP contribution in [0.25, 0.3) is 11.0 Å². The average molecular weight is 431 g/mol. The number of hydrogen-bond donors (Lipinski definition) is 4. The van der Waals surface area contributed by atoms with Crippen LogP contribution in [0, 0.1) is 11.3 Å². The molecule has 0 spiro atoms. The van der Waals surface area contributed by atoms with Gasteiger partial charge >= 0.3 is 10.3 Å². The molecule has 15 heteroatoms. The maximum Gasteiger partial charge on any atom is 0.333 e. The van der Waals surface area contributed by atoms with E-state index in [1.54, 1.807) is 0 Å². The fourth-order valence-corrected chi connectivity index (χ4v) is 3.86. The predicted molar refractivity (Wildman–Crippen MR) is 95.7 cm³/mol. The molecule has 0 saturated carbocycles. The van der Waals surface area contributed by atoms with Crippen molar-refractivity contribution in [2.75, 3.05) is 18.1 Å². The molecule has 0 unspecified atom stereocenters. The number of nitrogens with two attached hydrogens (primary N) is 2. The molecule has 0 radical (unpaired) electrons. The molecule has 28 heavy (non-hydrogen) atoms. The summed E-state index contributed by atoms with van der Waals surface area (Å²) in [5.74, 6) is 0.594. The van der Waals surface area contributed by atoms with Crippen LogP contribution in [0.2, 0.25) is 0 Å². The zero-order valence-electron chi connectivity index (χ0n) is 14.2. The van der Waals surface area contributed by atoms with Crippen LogP contribution in [0.1, 0.15) is 12.6 Å². The first-order valence-corrected chi connectivity index (χ1v) is 10.4. The van der Waals surface area contributed by atoms with Gasteiger partial charge in [0, 0.05) is 12.2 Å². The van der Waals surface area contributed by atoms with E-state index in [1.165, 1.54) is 22.8 Å². The van der Waals surface area contributed by atoms with Gasteiger partial charge in [-0.15, -0.1) is 11.8 Å². The summed E-state index contributed by atoms with van der Waals surface area (Å²) in [5, 5.41) is 39.2. The van der Waals surface area contributed by atoms with Crippen molar-refractivity contribution in [2.24, 2.45) is 5.14 Å². The first-order chi connectivity index (χ1) is 13.2. The van der Waals surface area contributed by atoms with Crippen molar-refractivity contribution in [3.05, 3.63) is 6.33 Å². The minimum absolute atomic E-state index is 0.151. The summed E-state index contributed by atoms with van der Waals surface area (Å²) >= 11 is 1.25. The summed E-state index contributed by atoms with van der Waals surface area (Å²) in [7, 11) is -4.25. The summed E-state index contributed by atoms with van der Waals surface area (Å²) in [5.41, 5.74) is 6.17. The van der Waals surface area contributed by atoms with Crippen LogP contribution in [0.15, 0.2) is 11.4 Å². The number of nitriles is 1. The van der Waals surface area contributed by atoms with E-state index in [0.29, 0.717) is 16.2 Å². The predicted octanol–water partition coefficient (Wildman–Crippen LogP) is -1.75. The van der Waals surface area contributed by atoms with Gasteiger partial charge < -0.3 is 20.7 Å². The number of hydrogen-bond acceptors (Lipinski definition) is 12. The van der Waals surface area contributed by atoms with Crippen molar-refractivity contribution in [3.63, 3.8) is 0 Å². The highest BCUT2D eigenvalue weighted by molar-refractivity contribution is 7.99. The van der Waals surface area contributed by atoms with Crippen molar-refractivity contribution in [3.8, 4) is 6.07 Å². The highest BCUT2D eigenvalue weighted by Gasteiger charge is 2.45. The van der Waals surface area contributed by atoms with Gasteiger partial charge in [-0.3, -0.25) is 4.18 Å². The van der Waals surface area contributed by atoms with Crippen LogP contribution in [0.4, 0.5) is 5.82 Å². The molecule has 0 bridgehead atoms. The lowest BCUT2D eigenvalue weighted by molar-refractivity contribution is -0.0531. The van der Waals surface area contributed by atoms with Crippen molar-refractivity contribution < 1.29 is 27.6 Å². The zero-order chi connectivity index (χ0) is 20.5. The van der Waals surface area contributed by atoms with Crippen LogP contribution in [0.3, 0.4) is 0 Å². The van der Waals surface area contributed by atoms with E-state index in [9.17, 15) is 18.6 Å². The average Bonchev–Trinajstić information content (AvgIpc) is 3.13. The molecule has 0 aromatic carbocycles. The molecule has 0 aliphatic carbocycles. The van der Waals surface area contributed by atoms with Gasteiger partial charge in [0.05, 0.1) is 18.1 Å². The third kappa shape index (κ3) is 4.17. The Labute approximate surface area is 163 Å². The Bertz CT molecular complexity index is 1010. The van der Waals surface area contributed by atoms with E-state index in [1.807, 2.05) is 6.07 Å². The van der Waals surface area contributed by atoms with Gasteiger partial charge in [-0.25, -0.2) is 19.8 Å². The van der Waals surface area contributed by atoms with Crippen molar-refractivity contribution >= 4 is 38.9 Å². The van der Waals surface area contributed by atoms with Crippen molar-refractivity contribution in [1.29, 1.82) is 5.26 Å². The first kappa shape index (κ1) is 20.7. The summed E-state index contributed by atoms with van der Waals surface area (Å²) in [6.07, 6.45) is -3.79. The third-order valence-electron chi connectivity index (χ3n) is 3.91. The number of aliphatic hydroxyl groups is 2. The van der Waals surface area contributed by atoms with Crippen molar-refractivity contribution in [2.45, 2.75) is 36.0 Å². The van der Waals surface area contributed by atoms with Crippen LogP contribution in [0.5, 0.6) is 0 Å². The second-order valence-corrected chi connectivity index (χ2v) is 8.09. The number of rotatable bonds is 7. The van der Waals surface area contributed by atoms with E-state index in [-0.39, 0.29) is 17.9 Å². The van der Waals surface area contributed by atoms with Crippen LogP contribution >= 0.6 is 11.8 Å². The number of nitrogen functional groups attached to an aromatic ring is 1. The Morgan fingerprint density at radius 3 is 2.82 bits per heavy atom. The van der Waals surface area contributed by atoms with E-state index in [0.717, 1.165) is 0 Å². The molecular weight excluding hydrogens is 414 g/mol. The van der Waals surface area contributed by atoms with Gasteiger partial charge in [-0.05, 0) is 0 Å². The number of fused-ring (bicyclic) bond motifs is 1. The van der Waals surface area contributed by atoms with Gasteiger partial charge in [0.1, 0.15) is 35.5 Å². The van der Waals surface area contributed by atoms with Gasteiger partial charge in [0.15, 0.2) is 11.9 Å². The lowest BCUT2D eigenvalue weighted by atomic mass is 10.1. The molecule has 1 aliphatic heterocycles. The fraction of sp³-hybridized carbons (Fsp3) is 0.538. The Morgan fingerprint density at radius 2 is 2.14 bits per heavy atom. The normalized spacial score (nSPS) is 25.2. The Balaban J connectivity index is 1.92. The number of ether oxygens (including phenoxy) is 1. The van der Waals surface area contributed by atoms with E-state index in [4.69, 9.17) is 20.9 Å². The highest BCUT2D eigenvalue weighted by atomic mass is 32.2. The number of thioether (sulfide) groups is 1. The molecule has 2 aromatic rings. The molecule has 6 N–H and O–H groups in total. The highest BCUT2D eigenvalue weighted by Crippen LogP contribution is 2.36. The maximum atomic E-state index is 11.0. The molecule has 3 heterocycles. The van der Waals surface area contributed by atoms with Gasteiger partial charge in [0.25, 0.3) is 0 Å². The Morgan fingerprint density at radius 1 is 1.39 bits per heavy atom. The van der Waals surface area contributed by atoms with Crippen LogP contribution in [-0.2, 0) is 19.2 Å². The second-order valence-electron chi connectivity index (χ2n) is 5.79. The molecule has 1 fully saturated rings. The van der Waals surface area contributed by atoms with E-state index in [2.05, 4.69) is 19.2 Å². The molecule has 1 aliphatic rings. The monoisotopic (exact) mass is 431 g/mol. The molecule has 3 rings (SSSR count). The third-order valence-corrected chi connectivity index (χ3v) is 5.35. The van der Waals surface area contributed by atoms with Crippen LogP contribution < -0.4 is 10.9 Å². The second kappa shape index (κ2) is 8.13. The van der Waals surface area contributed by atoms with E-state index >= 15 is 0 Å². The quantitative estimate of drug-likeness (QED) is 0.284. The fourth-order valence-electron chi connectivity index (χ4n) is 2.67. The van der Waals surface area contributed by atoms with E-state index < -0.39 is 41.5 Å². The topological polar surface area (TPSA) is 212 Å². The van der Waals surface area contributed by atoms with Gasteiger partial charge in [-0.1, -0.05) is 0 Å². The Hall–Kier alpha value is -2.06. The molecule has 2 aromatic heterocycles. The summed E-state index contributed by atoms with van der Waals surface area (Å²) < 4.78 is 33.1. The number of nitrogens with zero attached hydrogens (tertiary/aromatic N) is 5. The molecule has 1 saturated heterocycles. The zero-order valence-corrected chi connectivity index (χ0v) is 15.9. The molecular formula is C13H17N7O6S2. The summed E-state index contributed by atoms with van der Waals surface area (Å²) in [6.45, 7) is -0.590. The SMILES string of the molecule is N#CCCSc1nn([C@@H]2O[C@H](COS(N)(=O)=O)[C@@H](O)[C@H]2O)c2ncnc(N)c12. The number of anilines is 1. The summed E-state index contributed by atoms with van der Waals surface area (Å²) in [4.78, 5) is 8.04. The maximum absolute atomic E-state index is 11.0. The lowest BCUT2D eigenvalue weighted by Crippen LogP contribution is -2.35. The number of aliphatic hydroxyl groups excluding tert-OH is 2. The van der Waals surface area contributed by atoms with Crippen molar-refractivity contribution in [1.82, 2.24) is 19.7 Å². The number of aromatic nitrogens is 4. The summed E-state index contributed by atoms with van der Waals surface area (Å²) in [6, 6.07) is 2.02. The first-order valence-electron chi connectivity index (χ1n) is 7.90.